The molecule has 0 bridgehead atoms. The van der Waals surface area contributed by atoms with Crippen molar-refractivity contribution in [2.24, 2.45) is 28.6 Å². The molecule has 0 aromatic carbocycles. The molecule has 0 radical (unpaired) electrons. The van der Waals surface area contributed by atoms with E-state index in [1.165, 1.54) is 12.8 Å². The standard InChI is InChI=1S/C16H34/c1-10-16(8,9)14(4)12(2)11-13(3)15(5,6)7/h12-14H,10-11H2,1-9H3. The second kappa shape index (κ2) is 5.56. The Bertz CT molecular complexity index is 195. The van der Waals surface area contributed by atoms with Crippen molar-refractivity contribution in [2.75, 3.05) is 0 Å². The molecule has 0 saturated heterocycles. The summed E-state index contributed by atoms with van der Waals surface area (Å²) in [4.78, 5) is 0. The van der Waals surface area contributed by atoms with E-state index >= 15 is 0 Å². The highest BCUT2D eigenvalue weighted by atomic mass is 14.4. The van der Waals surface area contributed by atoms with Gasteiger partial charge >= 0.3 is 0 Å². The molecule has 0 aromatic heterocycles. The molecule has 0 aromatic rings. The zero-order valence-corrected chi connectivity index (χ0v) is 13.1. The second-order valence-electron chi connectivity index (χ2n) is 7.61. The Labute approximate surface area is 104 Å². The van der Waals surface area contributed by atoms with Crippen molar-refractivity contribution in [3.63, 3.8) is 0 Å². The van der Waals surface area contributed by atoms with Gasteiger partial charge in [0.15, 0.2) is 0 Å². The van der Waals surface area contributed by atoms with Crippen LogP contribution < -0.4 is 0 Å². The lowest BCUT2D eigenvalue weighted by molar-refractivity contribution is 0.117. The fraction of sp³-hybridized carbons (Fsp3) is 1.00. The van der Waals surface area contributed by atoms with Crippen molar-refractivity contribution in [2.45, 2.75) is 75.2 Å². The van der Waals surface area contributed by atoms with Gasteiger partial charge in [-0.3, -0.25) is 0 Å². The average Bonchev–Trinajstić information content (AvgIpc) is 2.14. The van der Waals surface area contributed by atoms with Crippen LogP contribution in [0.25, 0.3) is 0 Å². The van der Waals surface area contributed by atoms with E-state index in [1.54, 1.807) is 0 Å². The van der Waals surface area contributed by atoms with Crippen LogP contribution in [0.4, 0.5) is 0 Å². The van der Waals surface area contributed by atoms with Gasteiger partial charge in [0.2, 0.25) is 0 Å². The van der Waals surface area contributed by atoms with E-state index in [-0.39, 0.29) is 0 Å². The third kappa shape index (κ3) is 4.47. The first-order chi connectivity index (χ1) is 7.02. The van der Waals surface area contributed by atoms with Gasteiger partial charge in [-0.15, -0.1) is 0 Å². The molecule has 3 unspecified atom stereocenters. The van der Waals surface area contributed by atoms with E-state index in [2.05, 4.69) is 62.3 Å². The van der Waals surface area contributed by atoms with Crippen LogP contribution in [0.3, 0.4) is 0 Å². The Balaban J connectivity index is 4.42. The summed E-state index contributed by atoms with van der Waals surface area (Å²) in [5.74, 6) is 2.43. The molecular weight excluding hydrogens is 192 g/mol. The lowest BCUT2D eigenvalue weighted by Crippen LogP contribution is -2.29. The van der Waals surface area contributed by atoms with Gasteiger partial charge in [-0.2, -0.15) is 0 Å². The van der Waals surface area contributed by atoms with Crippen LogP contribution in [0.2, 0.25) is 0 Å². The molecule has 0 aliphatic heterocycles. The molecule has 0 aliphatic carbocycles. The highest BCUT2D eigenvalue weighted by Gasteiger charge is 2.31. The minimum atomic E-state index is 0.449. The highest BCUT2D eigenvalue weighted by Crippen LogP contribution is 2.40. The summed E-state index contributed by atoms with van der Waals surface area (Å²) < 4.78 is 0. The molecule has 3 atom stereocenters. The molecule has 0 amide bonds. The van der Waals surface area contributed by atoms with E-state index in [4.69, 9.17) is 0 Å². The van der Waals surface area contributed by atoms with E-state index in [1.807, 2.05) is 0 Å². The van der Waals surface area contributed by atoms with Gasteiger partial charge in [-0.25, -0.2) is 0 Å². The minimum Gasteiger partial charge on any atom is -0.0649 e. The van der Waals surface area contributed by atoms with E-state index in [0.29, 0.717) is 10.8 Å². The van der Waals surface area contributed by atoms with Crippen molar-refractivity contribution >= 4 is 0 Å². The fourth-order valence-corrected chi connectivity index (χ4v) is 2.21. The third-order valence-corrected chi connectivity index (χ3v) is 5.20. The topological polar surface area (TPSA) is 0 Å². The normalized spacial score (nSPS) is 19.3. The summed E-state index contributed by atoms with van der Waals surface area (Å²) in [5.41, 5.74) is 0.932. The first kappa shape index (κ1) is 16.0. The first-order valence-corrected chi connectivity index (χ1v) is 7.02. The van der Waals surface area contributed by atoms with Crippen molar-refractivity contribution < 1.29 is 0 Å². The summed E-state index contributed by atoms with van der Waals surface area (Å²) in [5, 5.41) is 0. The Morgan fingerprint density at radius 2 is 1.31 bits per heavy atom. The van der Waals surface area contributed by atoms with Crippen LogP contribution >= 0.6 is 0 Å². The molecule has 0 heterocycles. The molecule has 0 nitrogen and oxygen atoms in total. The SMILES string of the molecule is CCC(C)(C)C(C)C(C)CC(C)C(C)(C)C. The maximum atomic E-state index is 2.43. The Morgan fingerprint density at radius 3 is 1.62 bits per heavy atom. The molecule has 0 spiro atoms. The average molecular weight is 226 g/mol. The van der Waals surface area contributed by atoms with Crippen LogP contribution in [0.15, 0.2) is 0 Å². The van der Waals surface area contributed by atoms with E-state index in [9.17, 15) is 0 Å². The van der Waals surface area contributed by atoms with Gasteiger partial charge in [0.25, 0.3) is 0 Å². The van der Waals surface area contributed by atoms with Gasteiger partial charge in [-0.05, 0) is 35.0 Å². The lowest BCUT2D eigenvalue weighted by Gasteiger charge is -2.38. The predicted molar refractivity (Wildman–Crippen MR) is 75.6 cm³/mol. The second-order valence-corrected chi connectivity index (χ2v) is 7.61. The molecular formula is C16H34. The summed E-state index contributed by atoms with van der Waals surface area (Å²) in [7, 11) is 0. The van der Waals surface area contributed by atoms with Crippen LogP contribution in [0.1, 0.15) is 75.2 Å². The highest BCUT2D eigenvalue weighted by molar-refractivity contribution is 4.81. The van der Waals surface area contributed by atoms with Crippen LogP contribution in [0, 0.1) is 28.6 Å². The Hall–Kier alpha value is 0. The maximum absolute atomic E-state index is 2.43. The first-order valence-electron chi connectivity index (χ1n) is 7.02. The van der Waals surface area contributed by atoms with Gasteiger partial charge in [0.1, 0.15) is 0 Å². The number of hydrogen-bond acceptors (Lipinski definition) is 0. The molecule has 16 heavy (non-hydrogen) atoms. The summed E-state index contributed by atoms with van der Waals surface area (Å²) in [6.07, 6.45) is 2.64. The fourth-order valence-electron chi connectivity index (χ4n) is 2.21. The summed E-state index contributed by atoms with van der Waals surface area (Å²) >= 11 is 0. The predicted octanol–water partition coefficient (Wildman–Crippen LogP) is 5.77. The van der Waals surface area contributed by atoms with E-state index in [0.717, 1.165) is 17.8 Å². The zero-order chi connectivity index (χ0) is 13.1. The monoisotopic (exact) mass is 226 g/mol. The van der Waals surface area contributed by atoms with Gasteiger partial charge < -0.3 is 0 Å². The molecule has 98 valence electrons. The molecule has 0 heteroatoms. The van der Waals surface area contributed by atoms with Gasteiger partial charge in [-0.1, -0.05) is 68.7 Å². The van der Waals surface area contributed by atoms with Crippen LogP contribution in [0.5, 0.6) is 0 Å². The third-order valence-electron chi connectivity index (χ3n) is 5.20. The van der Waals surface area contributed by atoms with Crippen molar-refractivity contribution in [3.05, 3.63) is 0 Å². The van der Waals surface area contributed by atoms with Gasteiger partial charge in [0, 0.05) is 0 Å². The number of hydrogen-bond donors (Lipinski definition) is 0. The molecule has 0 rings (SSSR count). The summed E-state index contributed by atoms with van der Waals surface area (Å²) in [6, 6.07) is 0. The van der Waals surface area contributed by atoms with Crippen LogP contribution in [-0.4, -0.2) is 0 Å². The molecule has 0 saturated carbocycles. The Morgan fingerprint density at radius 1 is 0.875 bits per heavy atom. The Kier molecular flexibility index (Phi) is 5.56. The quantitative estimate of drug-likeness (QED) is 0.558. The van der Waals surface area contributed by atoms with Crippen molar-refractivity contribution in [1.29, 1.82) is 0 Å². The zero-order valence-electron chi connectivity index (χ0n) is 13.1. The maximum Gasteiger partial charge on any atom is -0.0329 e. The number of rotatable bonds is 5. The van der Waals surface area contributed by atoms with Crippen molar-refractivity contribution in [1.82, 2.24) is 0 Å². The molecule has 0 N–H and O–H groups in total. The minimum absolute atomic E-state index is 0.449. The summed E-state index contributed by atoms with van der Waals surface area (Å²) in [6.45, 7) is 21.5. The molecule has 0 aliphatic rings. The molecule has 0 fully saturated rings. The van der Waals surface area contributed by atoms with Crippen molar-refractivity contribution in [3.8, 4) is 0 Å². The van der Waals surface area contributed by atoms with Crippen LogP contribution in [-0.2, 0) is 0 Å². The largest absolute Gasteiger partial charge is 0.0649 e. The van der Waals surface area contributed by atoms with E-state index < -0.39 is 0 Å². The lowest BCUT2D eigenvalue weighted by atomic mass is 9.67. The smallest absolute Gasteiger partial charge is 0.0329 e. The van der Waals surface area contributed by atoms with Gasteiger partial charge in [0.05, 0.1) is 0 Å².